The minimum absolute atomic E-state index is 0.0208. The maximum absolute atomic E-state index is 14.0. The van der Waals surface area contributed by atoms with Crippen molar-refractivity contribution < 1.29 is 18.3 Å². The highest BCUT2D eigenvalue weighted by molar-refractivity contribution is 5.75. The van der Waals surface area contributed by atoms with Gasteiger partial charge in [0.05, 0.1) is 7.11 Å². The van der Waals surface area contributed by atoms with E-state index in [0.29, 0.717) is 17.1 Å². The molecule has 0 saturated heterocycles. The molecule has 0 radical (unpaired) electrons. The molecule has 0 aromatic heterocycles. The lowest BCUT2D eigenvalue weighted by atomic mass is 9.99. The summed E-state index contributed by atoms with van der Waals surface area (Å²) in [6, 6.07) is 7.68. The number of benzene rings is 2. The third kappa shape index (κ3) is 2.01. The molecule has 4 heteroatoms. The lowest BCUT2D eigenvalue weighted by Crippen LogP contribution is -2.05. The SMILES string of the molecule is COc1cc2c(c(-c3cccc(F)c3F)c1)OC(C)C2. The largest absolute Gasteiger partial charge is 0.497 e. The molecule has 0 spiro atoms. The Morgan fingerprint density at radius 2 is 2.00 bits per heavy atom. The van der Waals surface area contributed by atoms with E-state index in [1.807, 2.05) is 13.0 Å². The van der Waals surface area contributed by atoms with Gasteiger partial charge >= 0.3 is 0 Å². The first kappa shape index (κ1) is 12.9. The topological polar surface area (TPSA) is 18.5 Å². The van der Waals surface area contributed by atoms with Gasteiger partial charge in [0.25, 0.3) is 0 Å². The second-order valence-electron chi connectivity index (χ2n) is 4.90. The van der Waals surface area contributed by atoms with Crippen molar-refractivity contribution in [3.05, 3.63) is 47.5 Å². The molecule has 0 saturated carbocycles. The Labute approximate surface area is 116 Å². The van der Waals surface area contributed by atoms with Gasteiger partial charge in [-0.1, -0.05) is 12.1 Å². The molecule has 0 aliphatic carbocycles. The number of rotatable bonds is 2. The number of ether oxygens (including phenoxy) is 2. The van der Waals surface area contributed by atoms with E-state index in [9.17, 15) is 8.78 Å². The van der Waals surface area contributed by atoms with Crippen LogP contribution in [0.4, 0.5) is 8.78 Å². The Bertz CT molecular complexity index is 668. The fourth-order valence-electron chi connectivity index (χ4n) is 2.53. The van der Waals surface area contributed by atoms with E-state index in [4.69, 9.17) is 9.47 Å². The first-order valence-corrected chi connectivity index (χ1v) is 6.42. The van der Waals surface area contributed by atoms with Gasteiger partial charge in [0.1, 0.15) is 17.6 Å². The predicted molar refractivity (Wildman–Crippen MR) is 72.1 cm³/mol. The van der Waals surface area contributed by atoms with Crippen LogP contribution in [0.25, 0.3) is 11.1 Å². The molecule has 2 nitrogen and oxygen atoms in total. The van der Waals surface area contributed by atoms with Crippen LogP contribution >= 0.6 is 0 Å². The van der Waals surface area contributed by atoms with Crippen molar-refractivity contribution in [3.8, 4) is 22.6 Å². The lowest BCUT2D eigenvalue weighted by molar-refractivity contribution is 0.255. The molecule has 0 bridgehead atoms. The summed E-state index contributed by atoms with van der Waals surface area (Å²) < 4.78 is 38.4. The third-order valence-corrected chi connectivity index (χ3v) is 3.44. The van der Waals surface area contributed by atoms with E-state index in [1.54, 1.807) is 19.2 Å². The van der Waals surface area contributed by atoms with Crippen LogP contribution in [0.5, 0.6) is 11.5 Å². The number of fused-ring (bicyclic) bond motifs is 1. The Balaban J connectivity index is 2.23. The Hall–Kier alpha value is -2.10. The van der Waals surface area contributed by atoms with E-state index in [1.165, 1.54) is 6.07 Å². The quantitative estimate of drug-likeness (QED) is 0.826. The zero-order valence-corrected chi connectivity index (χ0v) is 11.2. The van der Waals surface area contributed by atoms with Gasteiger partial charge in [0.2, 0.25) is 0 Å². The maximum Gasteiger partial charge on any atom is 0.166 e. The minimum Gasteiger partial charge on any atom is -0.497 e. The average Bonchev–Trinajstić information content (AvgIpc) is 2.81. The molecule has 1 heterocycles. The van der Waals surface area contributed by atoms with Gasteiger partial charge in [0.15, 0.2) is 11.6 Å². The highest BCUT2D eigenvalue weighted by atomic mass is 19.2. The van der Waals surface area contributed by atoms with Crippen LogP contribution < -0.4 is 9.47 Å². The first-order chi connectivity index (χ1) is 9.60. The van der Waals surface area contributed by atoms with Crippen LogP contribution in [-0.4, -0.2) is 13.2 Å². The smallest absolute Gasteiger partial charge is 0.166 e. The van der Waals surface area contributed by atoms with Crippen molar-refractivity contribution in [3.63, 3.8) is 0 Å². The summed E-state index contributed by atoms with van der Waals surface area (Å²) in [5, 5.41) is 0. The van der Waals surface area contributed by atoms with Gasteiger partial charge in [-0.2, -0.15) is 0 Å². The van der Waals surface area contributed by atoms with E-state index in [0.717, 1.165) is 18.1 Å². The second-order valence-corrected chi connectivity index (χ2v) is 4.90. The summed E-state index contributed by atoms with van der Waals surface area (Å²) in [4.78, 5) is 0. The summed E-state index contributed by atoms with van der Waals surface area (Å²) in [6.45, 7) is 1.94. The molecule has 0 fully saturated rings. The fourth-order valence-corrected chi connectivity index (χ4v) is 2.53. The summed E-state index contributed by atoms with van der Waals surface area (Å²) >= 11 is 0. The molecule has 3 rings (SSSR count). The van der Waals surface area contributed by atoms with Crippen molar-refractivity contribution in [2.45, 2.75) is 19.4 Å². The molecule has 104 valence electrons. The van der Waals surface area contributed by atoms with Gasteiger partial charge in [-0.15, -0.1) is 0 Å². The number of methoxy groups -OCH3 is 1. The maximum atomic E-state index is 14.0. The van der Waals surface area contributed by atoms with E-state index >= 15 is 0 Å². The molecular formula is C16H14F2O2. The molecule has 1 aliphatic heterocycles. The van der Waals surface area contributed by atoms with Crippen molar-refractivity contribution in [1.29, 1.82) is 0 Å². The highest BCUT2D eigenvalue weighted by Crippen LogP contribution is 2.42. The molecule has 2 aromatic rings. The van der Waals surface area contributed by atoms with Crippen LogP contribution in [-0.2, 0) is 6.42 Å². The van der Waals surface area contributed by atoms with E-state index in [2.05, 4.69) is 0 Å². The van der Waals surface area contributed by atoms with Crippen LogP contribution in [0.2, 0.25) is 0 Å². The summed E-state index contributed by atoms with van der Waals surface area (Å²) in [7, 11) is 1.55. The van der Waals surface area contributed by atoms with Crippen molar-refractivity contribution in [2.75, 3.05) is 7.11 Å². The molecule has 2 aromatic carbocycles. The Kier molecular flexibility index (Phi) is 3.08. The monoisotopic (exact) mass is 276 g/mol. The molecule has 1 aliphatic rings. The van der Waals surface area contributed by atoms with Gasteiger partial charge in [0, 0.05) is 23.1 Å². The minimum atomic E-state index is -0.870. The van der Waals surface area contributed by atoms with Gasteiger partial charge < -0.3 is 9.47 Å². The molecule has 0 N–H and O–H groups in total. The fraction of sp³-hybridized carbons (Fsp3) is 0.250. The molecule has 0 amide bonds. The van der Waals surface area contributed by atoms with Crippen LogP contribution in [0.1, 0.15) is 12.5 Å². The normalized spacial score (nSPS) is 16.7. The third-order valence-electron chi connectivity index (χ3n) is 3.44. The summed E-state index contributed by atoms with van der Waals surface area (Å²) in [5.74, 6) is -0.515. The number of hydrogen-bond acceptors (Lipinski definition) is 2. The van der Waals surface area contributed by atoms with Gasteiger partial charge in [-0.05, 0) is 25.1 Å². The zero-order chi connectivity index (χ0) is 14.3. The number of hydrogen-bond donors (Lipinski definition) is 0. The van der Waals surface area contributed by atoms with Gasteiger partial charge in [-0.25, -0.2) is 8.78 Å². The molecular weight excluding hydrogens is 262 g/mol. The Morgan fingerprint density at radius 1 is 1.20 bits per heavy atom. The van der Waals surface area contributed by atoms with E-state index in [-0.39, 0.29) is 11.7 Å². The van der Waals surface area contributed by atoms with Gasteiger partial charge in [-0.3, -0.25) is 0 Å². The zero-order valence-electron chi connectivity index (χ0n) is 11.2. The summed E-state index contributed by atoms with van der Waals surface area (Å²) in [6.07, 6.45) is 0.753. The predicted octanol–water partition coefficient (Wildman–Crippen LogP) is 3.96. The van der Waals surface area contributed by atoms with Crippen LogP contribution in [0.3, 0.4) is 0 Å². The first-order valence-electron chi connectivity index (χ1n) is 6.42. The van der Waals surface area contributed by atoms with Crippen molar-refractivity contribution in [1.82, 2.24) is 0 Å². The lowest BCUT2D eigenvalue weighted by Gasteiger charge is -2.12. The molecule has 1 atom stereocenters. The summed E-state index contributed by atoms with van der Waals surface area (Å²) in [5.41, 5.74) is 1.67. The van der Waals surface area contributed by atoms with E-state index < -0.39 is 11.6 Å². The van der Waals surface area contributed by atoms with Crippen LogP contribution in [0, 0.1) is 11.6 Å². The average molecular weight is 276 g/mol. The molecule has 1 unspecified atom stereocenters. The second kappa shape index (κ2) is 4.78. The van der Waals surface area contributed by atoms with Crippen molar-refractivity contribution >= 4 is 0 Å². The number of halogens is 2. The van der Waals surface area contributed by atoms with Crippen LogP contribution in [0.15, 0.2) is 30.3 Å². The Morgan fingerprint density at radius 3 is 2.75 bits per heavy atom. The highest BCUT2D eigenvalue weighted by Gasteiger charge is 2.25. The molecule has 20 heavy (non-hydrogen) atoms. The van der Waals surface area contributed by atoms with Crippen molar-refractivity contribution in [2.24, 2.45) is 0 Å². The standard InChI is InChI=1S/C16H14F2O2/c1-9-6-10-7-11(19-2)8-13(16(10)20-9)12-4-3-5-14(17)15(12)18/h3-5,7-9H,6H2,1-2H3.